The van der Waals surface area contributed by atoms with E-state index in [4.69, 9.17) is 38.1 Å². The van der Waals surface area contributed by atoms with E-state index in [-0.39, 0.29) is 18.5 Å². The van der Waals surface area contributed by atoms with Crippen molar-refractivity contribution in [3.63, 3.8) is 0 Å². The van der Waals surface area contributed by atoms with Crippen LogP contribution in [-0.4, -0.2) is 78.6 Å². The molecular weight excluding hydrogens is 648 g/mol. The summed E-state index contributed by atoms with van der Waals surface area (Å²) < 4.78 is 34.7. The third kappa shape index (κ3) is 9.01. The van der Waals surface area contributed by atoms with Gasteiger partial charge < -0.3 is 28.4 Å². The van der Waals surface area contributed by atoms with Gasteiger partial charge in [-0.2, -0.15) is 0 Å². The molecular formula is C41H52N2O8. The maximum Gasteiger partial charge on any atom is 0.157 e. The van der Waals surface area contributed by atoms with E-state index in [1.165, 1.54) is 16.7 Å². The van der Waals surface area contributed by atoms with Crippen LogP contribution >= 0.6 is 0 Å². The van der Waals surface area contributed by atoms with Crippen molar-refractivity contribution >= 4 is 22.7 Å². The molecule has 10 heteroatoms. The van der Waals surface area contributed by atoms with Gasteiger partial charge in [0.2, 0.25) is 0 Å². The van der Waals surface area contributed by atoms with Crippen LogP contribution in [0.2, 0.25) is 0 Å². The van der Waals surface area contributed by atoms with Crippen LogP contribution in [0.1, 0.15) is 73.1 Å². The summed E-state index contributed by atoms with van der Waals surface area (Å²) in [6.07, 6.45) is 9.77. The average Bonchev–Trinajstić information content (AvgIpc) is 3.18. The highest BCUT2D eigenvalue weighted by Crippen LogP contribution is 2.51. The van der Waals surface area contributed by atoms with Crippen molar-refractivity contribution < 1.29 is 38.1 Å². The Balaban J connectivity index is 1.04. The first-order valence-electron chi connectivity index (χ1n) is 18.7. The minimum Gasteiger partial charge on any atom is -0.377 e. The maximum absolute atomic E-state index is 6.53. The molecule has 3 aromatic carbocycles. The van der Waals surface area contributed by atoms with Crippen molar-refractivity contribution in [1.29, 1.82) is 0 Å². The molecule has 4 aliphatic heterocycles. The summed E-state index contributed by atoms with van der Waals surface area (Å²) in [5.74, 6) is 0.116. The molecule has 10 nitrogen and oxygen atoms in total. The molecule has 3 atom stereocenters. The Kier molecular flexibility index (Phi) is 13.0. The van der Waals surface area contributed by atoms with Gasteiger partial charge in [0.15, 0.2) is 12.6 Å². The molecule has 0 amide bonds. The number of allylic oxidation sites excluding steroid dienone is 1. The lowest BCUT2D eigenvalue weighted by Crippen LogP contribution is -2.30. The first-order chi connectivity index (χ1) is 25.3. The molecule has 0 aliphatic carbocycles. The fourth-order valence-electron chi connectivity index (χ4n) is 7.32. The molecule has 2 saturated heterocycles. The van der Waals surface area contributed by atoms with Gasteiger partial charge in [-0.05, 0) is 91.5 Å². The van der Waals surface area contributed by atoms with Crippen molar-refractivity contribution in [1.82, 2.24) is 0 Å². The molecule has 0 bridgehead atoms. The number of fused-ring (bicyclic) bond motifs is 4. The zero-order chi connectivity index (χ0) is 34.7. The Labute approximate surface area is 302 Å². The Morgan fingerprint density at radius 2 is 1.22 bits per heavy atom. The predicted octanol–water partition coefficient (Wildman–Crippen LogP) is 7.87. The van der Waals surface area contributed by atoms with Gasteiger partial charge in [-0.25, -0.2) is 10.1 Å². The summed E-state index contributed by atoms with van der Waals surface area (Å²) in [5, 5.41) is 3.97. The number of anilines is 4. The molecule has 274 valence electrons. The highest BCUT2D eigenvalue weighted by Gasteiger charge is 2.34. The lowest BCUT2D eigenvalue weighted by atomic mass is 9.81. The van der Waals surface area contributed by atoms with Crippen LogP contribution < -0.4 is 10.1 Å². The second-order valence-electron chi connectivity index (χ2n) is 13.3. The SMILES string of the molecule is C=CCC1c2ccccc2N(OCCOCCOC2CCCCO2)c2cc3c(cc21)N(OCCOCCOC1CCCCO1)c1ccccc1C3. The standard InChI is InChI=1S/C41H52N2O8/c1-2-11-33-34-13-4-6-15-37(34)43(51-27-23-45-21-25-49-41-17-8-10-19-47-41)39-29-32-28-31-12-3-5-14-36(31)42(38(32)30-35(33)39)50-26-22-44-20-24-48-40-16-7-9-18-46-40/h2-6,12-15,29-30,33,40-41H,1,7-11,16-28H2. The molecule has 7 rings (SSSR count). The molecule has 0 radical (unpaired) electrons. The number of para-hydroxylation sites is 2. The number of ether oxygens (including phenoxy) is 6. The lowest BCUT2D eigenvalue weighted by Gasteiger charge is -2.39. The first-order valence-corrected chi connectivity index (χ1v) is 18.7. The fraction of sp³-hybridized carbons (Fsp3) is 0.512. The van der Waals surface area contributed by atoms with E-state index in [1.54, 1.807) is 0 Å². The van der Waals surface area contributed by atoms with E-state index < -0.39 is 0 Å². The van der Waals surface area contributed by atoms with Crippen molar-refractivity contribution in [2.45, 2.75) is 69.9 Å². The maximum atomic E-state index is 6.53. The minimum atomic E-state index is -0.109. The van der Waals surface area contributed by atoms with E-state index in [0.717, 1.165) is 92.9 Å². The normalized spacial score (nSPS) is 21.1. The highest BCUT2D eigenvalue weighted by atomic mass is 16.7. The molecule has 51 heavy (non-hydrogen) atoms. The van der Waals surface area contributed by atoms with Gasteiger partial charge in [0.25, 0.3) is 0 Å². The molecule has 3 unspecified atom stereocenters. The Morgan fingerprint density at radius 3 is 1.86 bits per heavy atom. The molecule has 0 saturated carbocycles. The average molecular weight is 701 g/mol. The molecule has 4 heterocycles. The van der Waals surface area contributed by atoms with Gasteiger partial charge in [0.05, 0.1) is 75.6 Å². The van der Waals surface area contributed by atoms with Crippen LogP contribution in [-0.2, 0) is 44.5 Å². The van der Waals surface area contributed by atoms with Crippen molar-refractivity contribution in [3.05, 3.63) is 95.6 Å². The summed E-state index contributed by atoms with van der Waals surface area (Å²) in [4.78, 5) is 13.0. The fourth-order valence-corrected chi connectivity index (χ4v) is 7.32. The molecule has 0 N–H and O–H groups in total. The van der Waals surface area contributed by atoms with E-state index >= 15 is 0 Å². The molecule has 4 aliphatic rings. The van der Waals surface area contributed by atoms with Crippen LogP contribution in [0.5, 0.6) is 0 Å². The van der Waals surface area contributed by atoms with Gasteiger partial charge in [0, 0.05) is 25.6 Å². The summed E-state index contributed by atoms with van der Waals surface area (Å²) in [6, 6.07) is 21.4. The van der Waals surface area contributed by atoms with E-state index in [9.17, 15) is 0 Å². The molecule has 3 aromatic rings. The zero-order valence-corrected chi connectivity index (χ0v) is 29.7. The topological polar surface area (TPSA) is 80.3 Å². The van der Waals surface area contributed by atoms with Crippen LogP contribution in [0.3, 0.4) is 0 Å². The summed E-state index contributed by atoms with van der Waals surface area (Å²) >= 11 is 0. The van der Waals surface area contributed by atoms with Crippen molar-refractivity contribution in [2.75, 3.05) is 76.2 Å². The number of nitrogens with zero attached hydrogens (tertiary/aromatic N) is 2. The summed E-state index contributed by atoms with van der Waals surface area (Å²) in [5.41, 5.74) is 8.87. The molecule has 0 aromatic heterocycles. The van der Waals surface area contributed by atoms with Crippen LogP contribution in [0.4, 0.5) is 22.7 Å². The second-order valence-corrected chi connectivity index (χ2v) is 13.3. The van der Waals surface area contributed by atoms with Gasteiger partial charge in [-0.15, -0.1) is 6.58 Å². The predicted molar refractivity (Wildman–Crippen MR) is 196 cm³/mol. The Hall–Kier alpha value is -3.32. The summed E-state index contributed by atoms with van der Waals surface area (Å²) in [6.45, 7) is 9.36. The Bertz CT molecular complexity index is 1560. The number of hydrogen-bond donors (Lipinski definition) is 0. The van der Waals surface area contributed by atoms with Crippen LogP contribution in [0.15, 0.2) is 73.3 Å². The Morgan fingerprint density at radius 1 is 0.608 bits per heavy atom. The number of rotatable bonds is 18. The van der Waals surface area contributed by atoms with Gasteiger partial charge in [-0.1, -0.05) is 42.5 Å². The highest BCUT2D eigenvalue weighted by molar-refractivity contribution is 5.81. The van der Waals surface area contributed by atoms with E-state index in [0.29, 0.717) is 52.9 Å². The monoisotopic (exact) mass is 700 g/mol. The van der Waals surface area contributed by atoms with Crippen LogP contribution in [0.25, 0.3) is 0 Å². The van der Waals surface area contributed by atoms with Crippen molar-refractivity contribution in [3.8, 4) is 0 Å². The first kappa shape index (κ1) is 36.1. The number of benzene rings is 3. The smallest absolute Gasteiger partial charge is 0.157 e. The molecule has 0 spiro atoms. The quantitative estimate of drug-likeness (QED) is 0.0967. The van der Waals surface area contributed by atoms with Gasteiger partial charge in [-0.3, -0.25) is 9.68 Å². The summed E-state index contributed by atoms with van der Waals surface area (Å²) in [7, 11) is 0. The largest absolute Gasteiger partial charge is 0.377 e. The van der Waals surface area contributed by atoms with Gasteiger partial charge in [0.1, 0.15) is 0 Å². The number of hydrogen-bond acceptors (Lipinski definition) is 10. The second kappa shape index (κ2) is 18.4. The van der Waals surface area contributed by atoms with E-state index in [2.05, 4.69) is 67.2 Å². The molecule has 2 fully saturated rings. The third-order valence-corrected chi connectivity index (χ3v) is 9.80. The van der Waals surface area contributed by atoms with Crippen molar-refractivity contribution in [2.24, 2.45) is 0 Å². The lowest BCUT2D eigenvalue weighted by molar-refractivity contribution is -0.169. The van der Waals surface area contributed by atoms with E-state index in [1.807, 2.05) is 16.2 Å². The van der Waals surface area contributed by atoms with Gasteiger partial charge >= 0.3 is 0 Å². The third-order valence-electron chi connectivity index (χ3n) is 9.80. The zero-order valence-electron chi connectivity index (χ0n) is 29.7. The van der Waals surface area contributed by atoms with Crippen LogP contribution in [0, 0.1) is 0 Å². The minimum absolute atomic E-state index is 0.107.